The molecule has 0 bridgehead atoms. The molecule has 0 aromatic rings. The van der Waals surface area contributed by atoms with Crippen molar-refractivity contribution in [3.05, 3.63) is 0 Å². The topological polar surface area (TPSA) is 33.6 Å². The molecule has 3 nitrogen and oxygen atoms in total. The standard InChI is InChI=1S/C9H16N2O/c1-2-8(7-10-3-1)6-9-11-4-5-12-9/h8,10H,1-7H2. The molecule has 1 fully saturated rings. The van der Waals surface area contributed by atoms with Crippen LogP contribution in [-0.2, 0) is 4.74 Å². The average Bonchev–Trinajstić information content (AvgIpc) is 2.59. The van der Waals surface area contributed by atoms with Crippen molar-refractivity contribution in [2.75, 3.05) is 26.2 Å². The maximum Gasteiger partial charge on any atom is 0.183 e. The lowest BCUT2D eigenvalue weighted by Crippen LogP contribution is -2.31. The van der Waals surface area contributed by atoms with Gasteiger partial charge in [0.2, 0.25) is 0 Å². The molecular formula is C9H16N2O. The predicted octanol–water partition coefficient (Wildman–Crippen LogP) is 0.805. The predicted molar refractivity (Wildman–Crippen MR) is 48.5 cm³/mol. The Bertz CT molecular complexity index is 173. The van der Waals surface area contributed by atoms with Gasteiger partial charge in [-0.1, -0.05) is 0 Å². The maximum absolute atomic E-state index is 5.38. The highest BCUT2D eigenvalue weighted by molar-refractivity contribution is 5.77. The zero-order chi connectivity index (χ0) is 8.23. The Morgan fingerprint density at radius 3 is 3.25 bits per heavy atom. The van der Waals surface area contributed by atoms with Gasteiger partial charge in [0.05, 0.1) is 6.54 Å². The van der Waals surface area contributed by atoms with E-state index in [0.717, 1.165) is 37.9 Å². The van der Waals surface area contributed by atoms with Crippen LogP contribution in [0.25, 0.3) is 0 Å². The molecule has 0 aliphatic carbocycles. The van der Waals surface area contributed by atoms with Gasteiger partial charge in [0.1, 0.15) is 6.61 Å². The quantitative estimate of drug-likeness (QED) is 0.662. The molecule has 2 aliphatic rings. The van der Waals surface area contributed by atoms with Crippen molar-refractivity contribution in [3.63, 3.8) is 0 Å². The fraction of sp³-hybridized carbons (Fsp3) is 0.889. The molecule has 68 valence electrons. The molecule has 2 aliphatic heterocycles. The van der Waals surface area contributed by atoms with Crippen LogP contribution in [-0.4, -0.2) is 32.1 Å². The van der Waals surface area contributed by atoms with E-state index >= 15 is 0 Å². The Morgan fingerprint density at radius 1 is 1.58 bits per heavy atom. The Balaban J connectivity index is 1.77. The fourth-order valence-corrected chi connectivity index (χ4v) is 1.85. The van der Waals surface area contributed by atoms with Crippen LogP contribution in [0.15, 0.2) is 4.99 Å². The molecule has 2 heterocycles. The summed E-state index contributed by atoms with van der Waals surface area (Å²) >= 11 is 0. The highest BCUT2D eigenvalue weighted by Crippen LogP contribution is 2.16. The molecule has 1 saturated heterocycles. The minimum Gasteiger partial charge on any atom is -0.479 e. The lowest BCUT2D eigenvalue weighted by atomic mass is 9.96. The molecule has 0 aromatic heterocycles. The van der Waals surface area contributed by atoms with Gasteiger partial charge >= 0.3 is 0 Å². The maximum atomic E-state index is 5.38. The molecule has 3 heteroatoms. The van der Waals surface area contributed by atoms with Crippen molar-refractivity contribution in [2.24, 2.45) is 10.9 Å². The first-order chi connectivity index (χ1) is 5.95. The van der Waals surface area contributed by atoms with Crippen molar-refractivity contribution >= 4 is 5.90 Å². The number of nitrogens with zero attached hydrogens (tertiary/aromatic N) is 1. The first-order valence-corrected chi connectivity index (χ1v) is 4.82. The van der Waals surface area contributed by atoms with E-state index in [2.05, 4.69) is 10.3 Å². The smallest absolute Gasteiger partial charge is 0.183 e. The molecule has 12 heavy (non-hydrogen) atoms. The largest absolute Gasteiger partial charge is 0.479 e. The summed E-state index contributed by atoms with van der Waals surface area (Å²) < 4.78 is 5.38. The van der Waals surface area contributed by atoms with Gasteiger partial charge in [-0.3, -0.25) is 4.99 Å². The summed E-state index contributed by atoms with van der Waals surface area (Å²) in [6, 6.07) is 0. The van der Waals surface area contributed by atoms with Crippen LogP contribution in [0.4, 0.5) is 0 Å². The fourth-order valence-electron chi connectivity index (χ4n) is 1.85. The summed E-state index contributed by atoms with van der Waals surface area (Å²) in [6.07, 6.45) is 3.68. The first-order valence-electron chi connectivity index (χ1n) is 4.82. The number of nitrogens with one attached hydrogen (secondary N) is 1. The van der Waals surface area contributed by atoms with Crippen LogP contribution in [0.5, 0.6) is 0 Å². The third-order valence-corrected chi connectivity index (χ3v) is 2.51. The van der Waals surface area contributed by atoms with Gasteiger partial charge in [-0.2, -0.15) is 0 Å². The molecule has 0 spiro atoms. The highest BCUT2D eigenvalue weighted by atomic mass is 16.5. The van der Waals surface area contributed by atoms with Crippen molar-refractivity contribution in [2.45, 2.75) is 19.3 Å². The lowest BCUT2D eigenvalue weighted by molar-refractivity contribution is 0.313. The molecule has 2 rings (SSSR count). The van der Waals surface area contributed by atoms with Crippen LogP contribution >= 0.6 is 0 Å². The number of hydrogen-bond donors (Lipinski definition) is 1. The molecule has 0 amide bonds. The van der Waals surface area contributed by atoms with Gasteiger partial charge in [0.25, 0.3) is 0 Å². The van der Waals surface area contributed by atoms with Crippen LogP contribution in [0.3, 0.4) is 0 Å². The summed E-state index contributed by atoms with van der Waals surface area (Å²) in [4.78, 5) is 4.30. The van der Waals surface area contributed by atoms with Gasteiger partial charge in [0.15, 0.2) is 5.90 Å². The minimum atomic E-state index is 0.760. The second-order valence-electron chi connectivity index (χ2n) is 3.54. The van der Waals surface area contributed by atoms with E-state index in [1.165, 1.54) is 19.4 Å². The molecule has 1 unspecified atom stereocenters. The van der Waals surface area contributed by atoms with E-state index in [1.54, 1.807) is 0 Å². The Labute approximate surface area is 73.2 Å². The molecule has 0 saturated carbocycles. The lowest BCUT2D eigenvalue weighted by Gasteiger charge is -2.21. The minimum absolute atomic E-state index is 0.760. The van der Waals surface area contributed by atoms with Crippen molar-refractivity contribution in [3.8, 4) is 0 Å². The summed E-state index contributed by atoms with van der Waals surface area (Å²) in [6.45, 7) is 4.00. The number of aliphatic imine (C=N–C) groups is 1. The Kier molecular flexibility index (Phi) is 2.61. The Morgan fingerprint density at radius 2 is 2.58 bits per heavy atom. The van der Waals surface area contributed by atoms with Gasteiger partial charge in [-0.25, -0.2) is 0 Å². The van der Waals surface area contributed by atoms with Crippen LogP contribution in [0.1, 0.15) is 19.3 Å². The van der Waals surface area contributed by atoms with Crippen LogP contribution < -0.4 is 5.32 Å². The SMILES string of the molecule is C1CNCC(CC2=NCCO2)C1. The van der Waals surface area contributed by atoms with Gasteiger partial charge in [-0.15, -0.1) is 0 Å². The zero-order valence-corrected chi connectivity index (χ0v) is 7.38. The molecule has 1 atom stereocenters. The highest BCUT2D eigenvalue weighted by Gasteiger charge is 2.17. The molecule has 1 N–H and O–H groups in total. The third-order valence-electron chi connectivity index (χ3n) is 2.51. The third kappa shape index (κ3) is 1.97. The number of rotatable bonds is 2. The summed E-state index contributed by atoms with van der Waals surface area (Å²) in [5, 5.41) is 3.40. The average molecular weight is 168 g/mol. The monoisotopic (exact) mass is 168 g/mol. The second kappa shape index (κ2) is 3.90. The van der Waals surface area contributed by atoms with E-state index in [0.29, 0.717) is 0 Å². The van der Waals surface area contributed by atoms with E-state index in [-0.39, 0.29) is 0 Å². The summed E-state index contributed by atoms with van der Waals surface area (Å²) in [5.74, 6) is 1.75. The number of piperidine rings is 1. The molecular weight excluding hydrogens is 152 g/mol. The van der Waals surface area contributed by atoms with Crippen molar-refractivity contribution < 1.29 is 4.74 Å². The van der Waals surface area contributed by atoms with Gasteiger partial charge < -0.3 is 10.1 Å². The van der Waals surface area contributed by atoms with Crippen molar-refractivity contribution in [1.29, 1.82) is 0 Å². The number of hydrogen-bond acceptors (Lipinski definition) is 3. The molecule has 0 radical (unpaired) electrons. The zero-order valence-electron chi connectivity index (χ0n) is 7.38. The van der Waals surface area contributed by atoms with E-state index < -0.39 is 0 Å². The van der Waals surface area contributed by atoms with Crippen LogP contribution in [0.2, 0.25) is 0 Å². The van der Waals surface area contributed by atoms with Crippen molar-refractivity contribution in [1.82, 2.24) is 5.32 Å². The molecule has 0 aromatic carbocycles. The Hall–Kier alpha value is -0.570. The summed E-state index contributed by atoms with van der Waals surface area (Å²) in [5.41, 5.74) is 0. The first kappa shape index (κ1) is 8.05. The van der Waals surface area contributed by atoms with Gasteiger partial charge in [-0.05, 0) is 31.8 Å². The normalized spacial score (nSPS) is 29.7. The second-order valence-corrected chi connectivity index (χ2v) is 3.54. The van der Waals surface area contributed by atoms with E-state index in [9.17, 15) is 0 Å². The summed E-state index contributed by atoms with van der Waals surface area (Å²) in [7, 11) is 0. The van der Waals surface area contributed by atoms with E-state index in [4.69, 9.17) is 4.74 Å². The van der Waals surface area contributed by atoms with Crippen LogP contribution in [0, 0.1) is 5.92 Å². The number of ether oxygens (including phenoxy) is 1. The van der Waals surface area contributed by atoms with E-state index in [1.807, 2.05) is 0 Å². The van der Waals surface area contributed by atoms with Gasteiger partial charge in [0, 0.05) is 6.42 Å².